The summed E-state index contributed by atoms with van der Waals surface area (Å²) in [7, 11) is 0. The Hall–Kier alpha value is -2.11. The van der Waals surface area contributed by atoms with Gasteiger partial charge in [-0.05, 0) is 48.4 Å². The van der Waals surface area contributed by atoms with Crippen LogP contribution in [0, 0.1) is 0 Å². The lowest BCUT2D eigenvalue weighted by Crippen LogP contribution is -2.31. The third kappa shape index (κ3) is 3.38. The van der Waals surface area contributed by atoms with E-state index in [1.165, 1.54) is 27.6 Å². The van der Waals surface area contributed by atoms with Crippen LogP contribution in [0.5, 0.6) is 0 Å². The Balaban J connectivity index is 1.43. The third-order valence-electron chi connectivity index (χ3n) is 5.86. The molecule has 1 fully saturated rings. The van der Waals surface area contributed by atoms with Crippen LogP contribution in [0.3, 0.4) is 0 Å². The largest absolute Gasteiger partial charge is 0.376 e. The van der Waals surface area contributed by atoms with Gasteiger partial charge in [-0.2, -0.15) is 4.98 Å². The first-order valence-corrected chi connectivity index (χ1v) is 11.1. The summed E-state index contributed by atoms with van der Waals surface area (Å²) in [5.74, 6) is 0.829. The number of rotatable bonds is 5. The Kier molecular flexibility index (Phi) is 4.95. The quantitative estimate of drug-likeness (QED) is 0.478. The van der Waals surface area contributed by atoms with Crippen LogP contribution >= 0.6 is 11.8 Å². The number of hydrogen-bond acceptors (Lipinski definition) is 4. The monoisotopic (exact) mass is 392 g/mol. The highest BCUT2D eigenvalue weighted by Gasteiger charge is 2.25. The summed E-state index contributed by atoms with van der Waals surface area (Å²) in [5.41, 5.74) is 3.65. The zero-order valence-corrected chi connectivity index (χ0v) is 16.7. The van der Waals surface area contributed by atoms with Crippen LogP contribution in [0.1, 0.15) is 36.1 Å². The highest BCUT2D eigenvalue weighted by atomic mass is 32.2. The number of ether oxygens (including phenoxy) is 1. The molecule has 0 unspecified atom stereocenters. The smallest absolute Gasteiger partial charge is 0.348 e. The van der Waals surface area contributed by atoms with E-state index in [4.69, 9.17) is 4.74 Å². The van der Waals surface area contributed by atoms with Crippen LogP contribution in [0.4, 0.5) is 0 Å². The van der Waals surface area contributed by atoms with Gasteiger partial charge < -0.3 is 4.74 Å². The Bertz CT molecular complexity index is 1060. The van der Waals surface area contributed by atoms with Gasteiger partial charge in [-0.15, -0.1) is 11.8 Å². The summed E-state index contributed by atoms with van der Waals surface area (Å²) in [5, 5.41) is 3.46. The lowest BCUT2D eigenvalue weighted by molar-refractivity contribution is 0.0950. The van der Waals surface area contributed by atoms with Gasteiger partial charge in [0.2, 0.25) is 0 Å². The van der Waals surface area contributed by atoms with Gasteiger partial charge in [0.25, 0.3) is 0 Å². The van der Waals surface area contributed by atoms with Crippen molar-refractivity contribution in [1.29, 1.82) is 0 Å². The molecule has 2 heterocycles. The second-order valence-corrected chi connectivity index (χ2v) is 8.61. The van der Waals surface area contributed by atoms with E-state index in [0.717, 1.165) is 49.5 Å². The van der Waals surface area contributed by atoms with E-state index in [1.54, 1.807) is 11.8 Å². The summed E-state index contributed by atoms with van der Waals surface area (Å²) in [4.78, 5) is 17.3. The molecular formula is C23H24N2O2S. The van der Waals surface area contributed by atoms with Crippen LogP contribution < -0.4 is 5.69 Å². The Morgan fingerprint density at radius 3 is 2.89 bits per heavy atom. The number of thioether (sulfide) groups is 1. The van der Waals surface area contributed by atoms with Gasteiger partial charge in [0, 0.05) is 23.6 Å². The normalized spacial score (nSPS) is 18.6. The van der Waals surface area contributed by atoms with Gasteiger partial charge in [0.05, 0.1) is 12.6 Å². The van der Waals surface area contributed by atoms with Gasteiger partial charge in [-0.1, -0.05) is 42.5 Å². The predicted octanol–water partition coefficient (Wildman–Crippen LogP) is 4.36. The molecule has 0 spiro atoms. The number of fused-ring (bicyclic) bond motifs is 2. The highest BCUT2D eigenvalue weighted by Crippen LogP contribution is 2.33. The zero-order chi connectivity index (χ0) is 18.9. The molecule has 0 N–H and O–H groups in total. The average Bonchev–Trinajstić information content (AvgIpc) is 3.41. The molecule has 4 nitrogen and oxygen atoms in total. The molecule has 2 aromatic carbocycles. The molecule has 1 aliphatic carbocycles. The van der Waals surface area contributed by atoms with Gasteiger partial charge >= 0.3 is 5.69 Å². The van der Waals surface area contributed by atoms with E-state index in [2.05, 4.69) is 47.4 Å². The maximum absolute atomic E-state index is 12.8. The molecule has 0 radical (unpaired) electrons. The van der Waals surface area contributed by atoms with E-state index in [9.17, 15) is 4.79 Å². The fourth-order valence-electron chi connectivity index (χ4n) is 4.45. The molecule has 1 saturated heterocycles. The minimum atomic E-state index is -0.114. The van der Waals surface area contributed by atoms with Crippen molar-refractivity contribution in [2.45, 2.75) is 55.5 Å². The molecular weight excluding hydrogens is 368 g/mol. The second-order valence-electron chi connectivity index (χ2n) is 7.65. The summed E-state index contributed by atoms with van der Waals surface area (Å²) in [6.07, 6.45) is 5.40. The van der Waals surface area contributed by atoms with Gasteiger partial charge in [0.15, 0.2) is 0 Å². The molecule has 5 rings (SSSR count). The van der Waals surface area contributed by atoms with Crippen molar-refractivity contribution in [2.24, 2.45) is 0 Å². The Morgan fingerprint density at radius 2 is 2.00 bits per heavy atom. The van der Waals surface area contributed by atoms with Crippen LogP contribution in [-0.2, 0) is 29.9 Å². The molecule has 28 heavy (non-hydrogen) atoms. The van der Waals surface area contributed by atoms with E-state index >= 15 is 0 Å². The fourth-order valence-corrected chi connectivity index (χ4v) is 5.53. The molecule has 144 valence electrons. The minimum Gasteiger partial charge on any atom is -0.376 e. The predicted molar refractivity (Wildman–Crippen MR) is 113 cm³/mol. The van der Waals surface area contributed by atoms with E-state index in [1.807, 2.05) is 4.57 Å². The first kappa shape index (κ1) is 18.0. The number of nitrogens with zero attached hydrogens (tertiary/aromatic N) is 2. The molecule has 0 amide bonds. The van der Waals surface area contributed by atoms with Crippen LogP contribution in [-0.4, -0.2) is 22.3 Å². The van der Waals surface area contributed by atoms with E-state index in [-0.39, 0.29) is 11.8 Å². The Labute approximate surface area is 168 Å². The van der Waals surface area contributed by atoms with Crippen molar-refractivity contribution in [3.05, 3.63) is 69.8 Å². The first-order chi connectivity index (χ1) is 13.8. The summed E-state index contributed by atoms with van der Waals surface area (Å²) in [6.45, 7) is 1.47. The fraction of sp³-hybridized carbons (Fsp3) is 0.391. The SMILES string of the molecule is O=c1nc(SCc2cccc3ccccc23)c2c(n1C[C@@H]1CCCO1)CCC2. The number of hydrogen-bond donors (Lipinski definition) is 0. The lowest BCUT2D eigenvalue weighted by atomic mass is 10.1. The first-order valence-electron chi connectivity index (χ1n) is 10.1. The third-order valence-corrected chi connectivity index (χ3v) is 6.92. The standard InChI is InChI=1S/C23H24N2O2S/c26-23-24-22(28-15-17-8-3-7-16-6-1-2-10-19(16)17)20-11-4-12-21(20)25(23)14-18-9-5-13-27-18/h1-3,6-8,10,18H,4-5,9,11-15H2/t18-/m0/s1. The molecule has 2 aliphatic rings. The number of benzene rings is 2. The zero-order valence-electron chi connectivity index (χ0n) is 15.9. The Morgan fingerprint density at radius 1 is 1.11 bits per heavy atom. The maximum Gasteiger partial charge on any atom is 0.348 e. The number of aromatic nitrogens is 2. The van der Waals surface area contributed by atoms with E-state index in [0.29, 0.717) is 6.54 Å². The second kappa shape index (κ2) is 7.72. The summed E-state index contributed by atoms with van der Waals surface area (Å²) in [6, 6.07) is 14.9. The van der Waals surface area contributed by atoms with Crippen molar-refractivity contribution in [1.82, 2.24) is 9.55 Å². The van der Waals surface area contributed by atoms with Crippen molar-refractivity contribution < 1.29 is 4.74 Å². The van der Waals surface area contributed by atoms with Crippen molar-refractivity contribution in [3.63, 3.8) is 0 Å². The minimum absolute atomic E-state index is 0.114. The molecule has 1 aromatic heterocycles. The maximum atomic E-state index is 12.8. The lowest BCUT2D eigenvalue weighted by Gasteiger charge is -2.17. The highest BCUT2D eigenvalue weighted by molar-refractivity contribution is 7.98. The van der Waals surface area contributed by atoms with Crippen LogP contribution in [0.15, 0.2) is 52.3 Å². The molecule has 0 saturated carbocycles. The van der Waals surface area contributed by atoms with Crippen molar-refractivity contribution >= 4 is 22.5 Å². The van der Waals surface area contributed by atoms with Crippen LogP contribution in [0.25, 0.3) is 10.8 Å². The molecule has 3 aromatic rings. The average molecular weight is 393 g/mol. The van der Waals surface area contributed by atoms with Gasteiger partial charge in [-0.25, -0.2) is 4.79 Å². The van der Waals surface area contributed by atoms with Crippen molar-refractivity contribution in [2.75, 3.05) is 6.61 Å². The van der Waals surface area contributed by atoms with Crippen molar-refractivity contribution in [3.8, 4) is 0 Å². The van der Waals surface area contributed by atoms with Gasteiger partial charge in [0.1, 0.15) is 5.03 Å². The molecule has 5 heteroatoms. The van der Waals surface area contributed by atoms with Gasteiger partial charge in [-0.3, -0.25) is 4.57 Å². The molecule has 0 bridgehead atoms. The van der Waals surface area contributed by atoms with Crippen LogP contribution in [0.2, 0.25) is 0 Å². The molecule has 1 aliphatic heterocycles. The topological polar surface area (TPSA) is 44.1 Å². The van der Waals surface area contributed by atoms with E-state index < -0.39 is 0 Å². The summed E-state index contributed by atoms with van der Waals surface area (Å²) >= 11 is 1.70. The molecule has 1 atom stereocenters. The summed E-state index contributed by atoms with van der Waals surface area (Å²) < 4.78 is 7.64.